The molecule has 1 aliphatic rings. The second kappa shape index (κ2) is 12.9. The fraction of sp³-hybridized carbons (Fsp3) is 0.233. The summed E-state index contributed by atoms with van der Waals surface area (Å²) < 4.78 is 10.9. The molecular weight excluding hydrogens is 589 g/mol. The lowest BCUT2D eigenvalue weighted by Crippen LogP contribution is -2.53. The molecule has 5 rings (SSSR count). The molecule has 1 aromatic heterocycles. The van der Waals surface area contributed by atoms with Crippen LogP contribution in [0.25, 0.3) is 10.9 Å². The van der Waals surface area contributed by atoms with Gasteiger partial charge in [0.05, 0.1) is 15.1 Å². The number of nitrogens with one attached hydrogen (secondary N) is 2. The lowest BCUT2D eigenvalue weighted by molar-refractivity contribution is -0.147. The van der Waals surface area contributed by atoms with Crippen molar-refractivity contribution in [2.45, 2.75) is 38.0 Å². The Bertz CT molecular complexity index is 1580. The van der Waals surface area contributed by atoms with E-state index in [1.54, 1.807) is 0 Å². The summed E-state index contributed by atoms with van der Waals surface area (Å²) in [6.45, 7) is 0.364. The number of amides is 2. The van der Waals surface area contributed by atoms with Gasteiger partial charge in [-0.3, -0.25) is 4.79 Å². The Morgan fingerprint density at radius 1 is 0.976 bits per heavy atom. The Morgan fingerprint density at radius 3 is 2.51 bits per heavy atom. The minimum Gasteiger partial charge on any atom is -0.445 e. The summed E-state index contributed by atoms with van der Waals surface area (Å²) in [7, 11) is 0. The molecular formula is C30H26Cl3N3O5. The maximum Gasteiger partial charge on any atom is 0.408 e. The van der Waals surface area contributed by atoms with Gasteiger partial charge in [0.25, 0.3) is 0 Å². The quantitative estimate of drug-likeness (QED) is 0.133. The zero-order valence-corrected chi connectivity index (χ0v) is 24.0. The maximum atomic E-state index is 13.9. The first-order chi connectivity index (χ1) is 19.8. The summed E-state index contributed by atoms with van der Waals surface area (Å²) in [5, 5.41) is 4.17. The van der Waals surface area contributed by atoms with E-state index in [9.17, 15) is 14.4 Å². The highest BCUT2D eigenvalue weighted by atomic mass is 35.5. The molecule has 0 spiro atoms. The first-order valence-corrected chi connectivity index (χ1v) is 14.1. The van der Waals surface area contributed by atoms with Crippen molar-refractivity contribution in [3.8, 4) is 5.75 Å². The third kappa shape index (κ3) is 6.78. The normalized spacial score (nSPS) is 15.5. The predicted octanol–water partition coefficient (Wildman–Crippen LogP) is 6.56. The van der Waals surface area contributed by atoms with E-state index in [0.29, 0.717) is 19.4 Å². The van der Waals surface area contributed by atoms with E-state index in [1.165, 1.54) is 17.0 Å². The number of para-hydroxylation sites is 1. The molecule has 2 heterocycles. The lowest BCUT2D eigenvalue weighted by Gasteiger charge is -2.28. The van der Waals surface area contributed by atoms with E-state index in [1.807, 2.05) is 60.8 Å². The van der Waals surface area contributed by atoms with Gasteiger partial charge in [-0.15, -0.1) is 0 Å². The molecule has 11 heteroatoms. The molecule has 3 aromatic carbocycles. The molecule has 0 bridgehead atoms. The van der Waals surface area contributed by atoms with Gasteiger partial charge in [0, 0.05) is 36.1 Å². The summed E-state index contributed by atoms with van der Waals surface area (Å²) in [4.78, 5) is 44.6. The van der Waals surface area contributed by atoms with Crippen molar-refractivity contribution >= 4 is 63.7 Å². The Hall–Kier alpha value is -3.72. The highest BCUT2D eigenvalue weighted by molar-refractivity contribution is 6.43. The van der Waals surface area contributed by atoms with Crippen molar-refractivity contribution in [2.24, 2.45) is 0 Å². The third-order valence-corrected chi connectivity index (χ3v) is 7.91. The van der Waals surface area contributed by atoms with Crippen LogP contribution in [0.15, 0.2) is 72.9 Å². The number of hydrogen-bond acceptors (Lipinski definition) is 5. The number of carbonyl (C=O) groups excluding carboxylic acids is 3. The van der Waals surface area contributed by atoms with Gasteiger partial charge in [-0.05, 0) is 36.1 Å². The van der Waals surface area contributed by atoms with Crippen molar-refractivity contribution in [3.05, 3.63) is 99.1 Å². The average molecular weight is 615 g/mol. The van der Waals surface area contributed by atoms with Crippen LogP contribution < -0.4 is 10.1 Å². The number of esters is 1. The molecule has 1 aliphatic heterocycles. The molecule has 4 aromatic rings. The molecule has 8 nitrogen and oxygen atoms in total. The molecule has 0 aliphatic carbocycles. The smallest absolute Gasteiger partial charge is 0.408 e. The summed E-state index contributed by atoms with van der Waals surface area (Å²) >= 11 is 18.3. The van der Waals surface area contributed by atoms with Gasteiger partial charge in [0.1, 0.15) is 18.7 Å². The number of aromatic amines is 1. The van der Waals surface area contributed by atoms with E-state index in [2.05, 4.69) is 10.3 Å². The molecule has 2 amide bonds. The molecule has 1 saturated heterocycles. The van der Waals surface area contributed by atoms with E-state index in [0.717, 1.165) is 22.0 Å². The van der Waals surface area contributed by atoms with Crippen LogP contribution in [-0.2, 0) is 27.4 Å². The molecule has 2 N–H and O–H groups in total. The van der Waals surface area contributed by atoms with Gasteiger partial charge < -0.3 is 24.7 Å². The van der Waals surface area contributed by atoms with E-state index in [-0.39, 0.29) is 33.8 Å². The summed E-state index contributed by atoms with van der Waals surface area (Å²) in [6, 6.07) is 17.8. The number of carbonyl (C=O) groups is 3. The molecule has 0 radical (unpaired) electrons. The maximum absolute atomic E-state index is 13.9. The minimum absolute atomic E-state index is 0.0447. The van der Waals surface area contributed by atoms with Crippen molar-refractivity contribution in [1.82, 2.24) is 15.2 Å². The predicted molar refractivity (Wildman–Crippen MR) is 157 cm³/mol. The molecule has 41 heavy (non-hydrogen) atoms. The topological polar surface area (TPSA) is 101 Å². The Morgan fingerprint density at radius 2 is 1.71 bits per heavy atom. The van der Waals surface area contributed by atoms with Gasteiger partial charge in [0.2, 0.25) is 5.91 Å². The molecule has 1 fully saturated rings. The average Bonchev–Trinajstić information content (AvgIpc) is 3.62. The number of ether oxygens (including phenoxy) is 2. The van der Waals surface area contributed by atoms with Crippen LogP contribution in [0.5, 0.6) is 5.75 Å². The number of hydrogen-bond donors (Lipinski definition) is 2. The molecule has 212 valence electrons. The highest BCUT2D eigenvalue weighted by Gasteiger charge is 2.39. The Kier molecular flexibility index (Phi) is 9.03. The number of rotatable bonds is 8. The summed E-state index contributed by atoms with van der Waals surface area (Å²) in [6.07, 6.45) is 2.22. The van der Waals surface area contributed by atoms with Gasteiger partial charge in [-0.2, -0.15) is 0 Å². The molecule has 0 saturated carbocycles. The molecule has 2 atom stereocenters. The number of fused-ring (bicyclic) bond motifs is 1. The second-order valence-electron chi connectivity index (χ2n) is 9.63. The van der Waals surface area contributed by atoms with E-state index in [4.69, 9.17) is 44.3 Å². The Labute approximate surface area is 251 Å². The van der Waals surface area contributed by atoms with Crippen LogP contribution in [-0.4, -0.2) is 46.5 Å². The van der Waals surface area contributed by atoms with Crippen LogP contribution in [0.1, 0.15) is 24.0 Å². The van der Waals surface area contributed by atoms with Crippen molar-refractivity contribution in [2.75, 3.05) is 6.54 Å². The number of H-pyrrole nitrogens is 1. The Balaban J connectivity index is 1.34. The van der Waals surface area contributed by atoms with Gasteiger partial charge >= 0.3 is 12.1 Å². The number of benzene rings is 3. The van der Waals surface area contributed by atoms with E-state index >= 15 is 0 Å². The number of halogens is 3. The second-order valence-corrected chi connectivity index (χ2v) is 10.9. The zero-order valence-electron chi connectivity index (χ0n) is 21.7. The van der Waals surface area contributed by atoms with Crippen LogP contribution in [0.4, 0.5) is 4.79 Å². The minimum atomic E-state index is -1.00. The standard InChI is InChI=1S/C30H26Cl3N3O5/c31-21-14-23(33)27(15-22(21)32)41-29(38)26-11-6-12-36(26)28(37)25(13-19-16-34-24-10-5-4-9-20(19)24)35-30(39)40-17-18-7-2-1-3-8-18/h1-5,7-10,14-16,25-26,34H,6,11-13,17H2,(H,35,39). The fourth-order valence-electron chi connectivity index (χ4n) is 4.86. The van der Waals surface area contributed by atoms with Gasteiger partial charge in [0.15, 0.2) is 5.75 Å². The van der Waals surface area contributed by atoms with Crippen molar-refractivity contribution in [1.29, 1.82) is 0 Å². The summed E-state index contributed by atoms with van der Waals surface area (Å²) in [5.41, 5.74) is 2.55. The van der Waals surface area contributed by atoms with Gasteiger partial charge in [-0.1, -0.05) is 83.3 Å². The first kappa shape index (κ1) is 28.8. The lowest BCUT2D eigenvalue weighted by atomic mass is 10.0. The highest BCUT2D eigenvalue weighted by Crippen LogP contribution is 2.34. The van der Waals surface area contributed by atoms with Crippen LogP contribution in [0.2, 0.25) is 15.1 Å². The zero-order chi connectivity index (χ0) is 28.9. The van der Waals surface area contributed by atoms with Crippen LogP contribution >= 0.6 is 34.8 Å². The number of aromatic nitrogens is 1. The molecule has 2 unspecified atom stereocenters. The van der Waals surface area contributed by atoms with Crippen LogP contribution in [0.3, 0.4) is 0 Å². The fourth-order valence-corrected chi connectivity index (χ4v) is 5.44. The first-order valence-electron chi connectivity index (χ1n) is 13.0. The van der Waals surface area contributed by atoms with Gasteiger partial charge in [-0.25, -0.2) is 9.59 Å². The van der Waals surface area contributed by atoms with Crippen LogP contribution in [0, 0.1) is 0 Å². The SMILES string of the molecule is O=C(NC(Cc1c[nH]c2ccccc12)C(=O)N1CCCC1C(=O)Oc1cc(Cl)c(Cl)cc1Cl)OCc1ccccc1. The largest absolute Gasteiger partial charge is 0.445 e. The van der Waals surface area contributed by atoms with Crippen molar-refractivity contribution < 1.29 is 23.9 Å². The number of nitrogens with zero attached hydrogens (tertiary/aromatic N) is 1. The van der Waals surface area contributed by atoms with Crippen molar-refractivity contribution in [3.63, 3.8) is 0 Å². The number of likely N-dealkylation sites (tertiary alicyclic amines) is 1. The monoisotopic (exact) mass is 613 g/mol. The number of alkyl carbamates (subject to hydrolysis) is 1. The summed E-state index contributed by atoms with van der Waals surface area (Å²) in [5.74, 6) is -1.04. The van der Waals surface area contributed by atoms with E-state index < -0.39 is 30.1 Å². The third-order valence-electron chi connectivity index (χ3n) is 6.90.